The van der Waals surface area contributed by atoms with Crippen molar-refractivity contribution < 1.29 is 19.4 Å². The lowest BCUT2D eigenvalue weighted by Crippen LogP contribution is -2.46. The number of likely N-dealkylation sites (N-methyl/N-ethyl adjacent to an activating group) is 1. The van der Waals surface area contributed by atoms with E-state index in [1.807, 2.05) is 13.0 Å². The van der Waals surface area contributed by atoms with E-state index in [0.29, 0.717) is 12.7 Å². The standard InChI is InChI=1S/C28H37NO4/c1-19(2)26-23-8-6-5-7-22(23)11-13-28(26,20(3)27(30)31)14-16-29(4)15-12-21-9-10-24-25(17-21)33-18-32-24/h5-10,17,19-20,26H,11-16,18H2,1-4H3,(H,30,31). The normalized spacial score (nSPS) is 22.4. The van der Waals surface area contributed by atoms with Gasteiger partial charge in [0.15, 0.2) is 11.5 Å². The summed E-state index contributed by atoms with van der Waals surface area (Å²) in [6.07, 6.45) is 3.69. The summed E-state index contributed by atoms with van der Waals surface area (Å²) in [7, 11) is 2.15. The van der Waals surface area contributed by atoms with Crippen LogP contribution in [0, 0.1) is 17.3 Å². The molecular weight excluding hydrogens is 414 g/mol. The van der Waals surface area contributed by atoms with Gasteiger partial charge in [0, 0.05) is 6.54 Å². The van der Waals surface area contributed by atoms with E-state index in [2.05, 4.69) is 62.2 Å². The van der Waals surface area contributed by atoms with Gasteiger partial charge in [-0.2, -0.15) is 0 Å². The zero-order valence-corrected chi connectivity index (χ0v) is 20.3. The van der Waals surface area contributed by atoms with Gasteiger partial charge in [0.05, 0.1) is 5.92 Å². The second-order valence-electron chi connectivity index (χ2n) is 10.2. The Morgan fingerprint density at radius 1 is 1.12 bits per heavy atom. The first-order chi connectivity index (χ1) is 15.8. The van der Waals surface area contributed by atoms with Crippen LogP contribution in [0.15, 0.2) is 42.5 Å². The van der Waals surface area contributed by atoms with Gasteiger partial charge in [-0.3, -0.25) is 4.79 Å². The van der Waals surface area contributed by atoms with Crippen LogP contribution in [0.5, 0.6) is 11.5 Å². The SMILES string of the molecule is CC(C)C1c2ccccc2CCC1(CCN(C)CCc1ccc2c(c1)OCO2)C(C)C(=O)O. The number of fused-ring (bicyclic) bond motifs is 2. The predicted molar refractivity (Wildman–Crippen MR) is 130 cm³/mol. The van der Waals surface area contributed by atoms with E-state index in [1.54, 1.807) is 0 Å². The van der Waals surface area contributed by atoms with Crippen molar-refractivity contribution in [1.29, 1.82) is 0 Å². The molecular formula is C28H37NO4. The van der Waals surface area contributed by atoms with Crippen LogP contribution in [0.2, 0.25) is 0 Å². The number of nitrogens with zero attached hydrogens (tertiary/aromatic N) is 1. The quantitative estimate of drug-likeness (QED) is 0.555. The average molecular weight is 452 g/mol. The van der Waals surface area contributed by atoms with Crippen LogP contribution in [0.1, 0.15) is 56.2 Å². The molecule has 0 fully saturated rings. The average Bonchev–Trinajstić information content (AvgIpc) is 3.28. The summed E-state index contributed by atoms with van der Waals surface area (Å²) < 4.78 is 10.9. The van der Waals surface area contributed by atoms with Crippen molar-refractivity contribution >= 4 is 5.97 Å². The molecule has 2 aromatic carbocycles. The molecule has 1 N–H and O–H groups in total. The maximum atomic E-state index is 12.3. The van der Waals surface area contributed by atoms with Gasteiger partial charge in [-0.05, 0) is 85.3 Å². The summed E-state index contributed by atoms with van der Waals surface area (Å²) in [4.78, 5) is 14.6. The third-order valence-corrected chi connectivity index (χ3v) is 7.95. The van der Waals surface area contributed by atoms with Crippen LogP contribution in [-0.2, 0) is 17.6 Å². The van der Waals surface area contributed by atoms with E-state index in [4.69, 9.17) is 9.47 Å². The Labute approximate surface area is 197 Å². The largest absolute Gasteiger partial charge is 0.481 e. The molecule has 1 aliphatic carbocycles. The maximum Gasteiger partial charge on any atom is 0.306 e. The molecule has 0 spiro atoms. The topological polar surface area (TPSA) is 59.0 Å². The molecule has 0 bridgehead atoms. The molecule has 1 heterocycles. The summed E-state index contributed by atoms with van der Waals surface area (Å²) in [6.45, 7) is 8.52. The van der Waals surface area contributed by atoms with Crippen molar-refractivity contribution in [3.8, 4) is 11.5 Å². The Hall–Kier alpha value is -2.53. The number of carbonyl (C=O) groups is 1. The first-order valence-electron chi connectivity index (χ1n) is 12.2. The smallest absolute Gasteiger partial charge is 0.306 e. The second kappa shape index (κ2) is 9.76. The lowest BCUT2D eigenvalue weighted by molar-refractivity contribution is -0.148. The van der Waals surface area contributed by atoms with Gasteiger partial charge in [0.1, 0.15) is 0 Å². The Morgan fingerprint density at radius 2 is 1.88 bits per heavy atom. The fourth-order valence-corrected chi connectivity index (χ4v) is 6.08. The number of aryl methyl sites for hydroxylation is 1. The highest BCUT2D eigenvalue weighted by molar-refractivity contribution is 5.71. The van der Waals surface area contributed by atoms with Gasteiger partial charge in [-0.1, -0.05) is 51.1 Å². The summed E-state index contributed by atoms with van der Waals surface area (Å²) in [5, 5.41) is 10.1. The van der Waals surface area contributed by atoms with Crippen LogP contribution in [0.25, 0.3) is 0 Å². The van der Waals surface area contributed by atoms with E-state index >= 15 is 0 Å². The molecule has 2 aromatic rings. The molecule has 0 saturated carbocycles. The number of aliphatic carboxylic acids is 1. The van der Waals surface area contributed by atoms with E-state index in [1.165, 1.54) is 16.7 Å². The zero-order chi connectivity index (χ0) is 23.6. The van der Waals surface area contributed by atoms with Crippen LogP contribution < -0.4 is 9.47 Å². The Morgan fingerprint density at radius 3 is 2.64 bits per heavy atom. The highest BCUT2D eigenvalue weighted by Gasteiger charge is 2.50. The van der Waals surface area contributed by atoms with Crippen LogP contribution in [0.3, 0.4) is 0 Å². The van der Waals surface area contributed by atoms with Gasteiger partial charge in [-0.25, -0.2) is 0 Å². The van der Waals surface area contributed by atoms with Crippen molar-refractivity contribution in [2.45, 2.75) is 52.4 Å². The van der Waals surface area contributed by atoms with Crippen molar-refractivity contribution in [3.05, 3.63) is 59.2 Å². The van der Waals surface area contributed by atoms with Gasteiger partial charge >= 0.3 is 5.97 Å². The van der Waals surface area contributed by atoms with E-state index in [0.717, 1.165) is 50.3 Å². The monoisotopic (exact) mass is 451 g/mol. The lowest BCUT2D eigenvalue weighted by atomic mass is 9.54. The van der Waals surface area contributed by atoms with Gasteiger partial charge in [-0.15, -0.1) is 0 Å². The molecule has 0 saturated heterocycles. The summed E-state index contributed by atoms with van der Waals surface area (Å²) in [6, 6.07) is 14.8. The van der Waals surface area contributed by atoms with Gasteiger partial charge < -0.3 is 19.5 Å². The minimum absolute atomic E-state index is 0.246. The Balaban J connectivity index is 1.49. The fourth-order valence-electron chi connectivity index (χ4n) is 6.08. The van der Waals surface area contributed by atoms with Crippen LogP contribution >= 0.6 is 0 Å². The Kier molecular flexibility index (Phi) is 6.99. The van der Waals surface area contributed by atoms with Gasteiger partial charge in [0.2, 0.25) is 6.79 Å². The van der Waals surface area contributed by atoms with E-state index in [9.17, 15) is 9.90 Å². The van der Waals surface area contributed by atoms with Crippen molar-refractivity contribution in [1.82, 2.24) is 4.90 Å². The molecule has 178 valence electrons. The minimum Gasteiger partial charge on any atom is -0.481 e. The molecule has 2 aliphatic rings. The number of benzene rings is 2. The lowest BCUT2D eigenvalue weighted by Gasteiger charge is -2.50. The molecule has 0 radical (unpaired) electrons. The molecule has 5 heteroatoms. The molecule has 1 aliphatic heterocycles. The first kappa shape index (κ1) is 23.6. The number of carboxylic acids is 1. The molecule has 0 aromatic heterocycles. The van der Waals surface area contributed by atoms with Gasteiger partial charge in [0.25, 0.3) is 0 Å². The van der Waals surface area contributed by atoms with Crippen molar-refractivity contribution in [2.24, 2.45) is 17.3 Å². The van der Waals surface area contributed by atoms with E-state index in [-0.39, 0.29) is 17.3 Å². The fraction of sp³-hybridized carbons (Fsp3) is 0.536. The highest BCUT2D eigenvalue weighted by atomic mass is 16.7. The van der Waals surface area contributed by atoms with Crippen molar-refractivity contribution in [3.63, 3.8) is 0 Å². The number of hydrogen-bond acceptors (Lipinski definition) is 4. The zero-order valence-electron chi connectivity index (χ0n) is 20.3. The highest BCUT2D eigenvalue weighted by Crippen LogP contribution is 2.55. The molecule has 3 unspecified atom stereocenters. The molecule has 3 atom stereocenters. The third kappa shape index (κ3) is 4.74. The number of hydrogen-bond donors (Lipinski definition) is 1. The number of carboxylic acid groups (broad SMARTS) is 1. The second-order valence-corrected chi connectivity index (χ2v) is 10.2. The number of ether oxygens (including phenoxy) is 2. The Bertz CT molecular complexity index is 988. The van der Waals surface area contributed by atoms with Crippen molar-refractivity contribution in [2.75, 3.05) is 26.9 Å². The molecule has 4 rings (SSSR count). The predicted octanol–water partition coefficient (Wildman–Crippen LogP) is 5.37. The minimum atomic E-state index is -0.678. The molecule has 0 amide bonds. The number of rotatable bonds is 9. The molecule has 33 heavy (non-hydrogen) atoms. The van der Waals surface area contributed by atoms with Crippen LogP contribution in [-0.4, -0.2) is 42.9 Å². The maximum absolute atomic E-state index is 12.3. The third-order valence-electron chi connectivity index (χ3n) is 7.95. The summed E-state index contributed by atoms with van der Waals surface area (Å²) in [5.41, 5.74) is 3.73. The van der Waals surface area contributed by atoms with Crippen LogP contribution in [0.4, 0.5) is 0 Å². The first-order valence-corrected chi connectivity index (χ1v) is 12.2. The molecule has 5 nitrogen and oxygen atoms in total. The summed E-state index contributed by atoms with van der Waals surface area (Å²) >= 11 is 0. The summed E-state index contributed by atoms with van der Waals surface area (Å²) in [5.74, 6) is 1.20. The van der Waals surface area contributed by atoms with E-state index < -0.39 is 5.97 Å².